The highest BCUT2D eigenvalue weighted by Crippen LogP contribution is 2.35. The zero-order valence-electron chi connectivity index (χ0n) is 7.57. The van der Waals surface area contributed by atoms with Crippen LogP contribution in [0, 0.1) is 5.82 Å². The summed E-state index contributed by atoms with van der Waals surface area (Å²) in [5.74, 6) is -0.258. The van der Waals surface area contributed by atoms with Crippen molar-refractivity contribution in [3.05, 3.63) is 21.9 Å². The lowest BCUT2D eigenvalue weighted by molar-refractivity contribution is 0.630. The molecule has 0 atom stereocenters. The van der Waals surface area contributed by atoms with E-state index < -0.39 is 5.82 Å². The fraction of sp³-hybridized carbons (Fsp3) is 0.333. The Morgan fingerprint density at radius 2 is 1.85 bits per heavy atom. The van der Waals surface area contributed by atoms with Crippen LogP contribution in [0.15, 0.2) is 10.5 Å². The molecule has 2 nitrogen and oxygen atoms in total. The smallest absolute Gasteiger partial charge is 0.149 e. The summed E-state index contributed by atoms with van der Waals surface area (Å²) in [6.45, 7) is 3.96. The van der Waals surface area contributed by atoms with Crippen LogP contribution in [0.3, 0.4) is 0 Å². The summed E-state index contributed by atoms with van der Waals surface area (Å²) in [5, 5.41) is 0. The summed E-state index contributed by atoms with van der Waals surface area (Å²) in [4.78, 5) is 0. The van der Waals surface area contributed by atoms with Gasteiger partial charge in [-0.2, -0.15) is 0 Å². The molecular weight excluding hydrogens is 235 g/mol. The van der Waals surface area contributed by atoms with Crippen molar-refractivity contribution in [1.29, 1.82) is 0 Å². The van der Waals surface area contributed by atoms with Crippen molar-refractivity contribution in [3.63, 3.8) is 0 Å². The molecule has 0 spiro atoms. The summed E-state index contributed by atoms with van der Waals surface area (Å²) in [5.41, 5.74) is 12.4. The molecule has 1 aromatic carbocycles. The van der Waals surface area contributed by atoms with Crippen molar-refractivity contribution in [3.8, 4) is 0 Å². The van der Waals surface area contributed by atoms with Crippen LogP contribution in [0.2, 0.25) is 0 Å². The standard InChI is InChI=1S/C9H12BrFN2/c1-4(2)7-5(10)3-6(11)8(12)9(7)13/h3-4H,12-13H2,1-2H3. The minimum atomic E-state index is -0.478. The Bertz CT molecular complexity index is 337. The fourth-order valence-electron chi connectivity index (χ4n) is 1.26. The van der Waals surface area contributed by atoms with Gasteiger partial charge in [0.15, 0.2) is 0 Å². The molecule has 0 fully saturated rings. The second kappa shape index (κ2) is 3.54. The van der Waals surface area contributed by atoms with E-state index in [0.29, 0.717) is 10.2 Å². The van der Waals surface area contributed by atoms with Gasteiger partial charge in [-0.05, 0) is 17.5 Å². The number of hydrogen-bond acceptors (Lipinski definition) is 2. The van der Waals surface area contributed by atoms with E-state index in [0.717, 1.165) is 5.56 Å². The lowest BCUT2D eigenvalue weighted by Gasteiger charge is -2.14. The van der Waals surface area contributed by atoms with Gasteiger partial charge in [-0.3, -0.25) is 0 Å². The molecule has 0 saturated carbocycles. The lowest BCUT2D eigenvalue weighted by atomic mass is 10.0. The highest BCUT2D eigenvalue weighted by atomic mass is 79.9. The molecule has 0 heterocycles. The maximum absolute atomic E-state index is 13.0. The lowest BCUT2D eigenvalue weighted by Crippen LogP contribution is -2.04. The van der Waals surface area contributed by atoms with E-state index in [1.807, 2.05) is 13.8 Å². The van der Waals surface area contributed by atoms with E-state index in [4.69, 9.17) is 11.5 Å². The quantitative estimate of drug-likeness (QED) is 0.749. The van der Waals surface area contributed by atoms with Crippen LogP contribution in [0.1, 0.15) is 25.3 Å². The summed E-state index contributed by atoms with van der Waals surface area (Å²) >= 11 is 3.26. The van der Waals surface area contributed by atoms with Crippen molar-refractivity contribution in [2.24, 2.45) is 0 Å². The second-order valence-electron chi connectivity index (χ2n) is 3.24. The average molecular weight is 247 g/mol. The molecule has 0 aliphatic heterocycles. The highest BCUT2D eigenvalue weighted by molar-refractivity contribution is 9.10. The number of nitrogen functional groups attached to an aromatic ring is 2. The number of nitrogens with two attached hydrogens (primary N) is 2. The van der Waals surface area contributed by atoms with Gasteiger partial charge in [-0.1, -0.05) is 29.8 Å². The van der Waals surface area contributed by atoms with Gasteiger partial charge in [0.25, 0.3) is 0 Å². The van der Waals surface area contributed by atoms with Crippen molar-refractivity contribution >= 4 is 27.3 Å². The number of benzene rings is 1. The van der Waals surface area contributed by atoms with Crippen molar-refractivity contribution in [1.82, 2.24) is 0 Å². The minimum absolute atomic E-state index is 0.0342. The Kier molecular flexibility index (Phi) is 2.81. The van der Waals surface area contributed by atoms with Gasteiger partial charge in [0, 0.05) is 4.47 Å². The monoisotopic (exact) mass is 246 g/mol. The largest absolute Gasteiger partial charge is 0.397 e. The van der Waals surface area contributed by atoms with Crippen LogP contribution in [-0.2, 0) is 0 Å². The summed E-state index contributed by atoms with van der Waals surface area (Å²) in [6.07, 6.45) is 0. The second-order valence-corrected chi connectivity index (χ2v) is 4.09. The molecule has 4 N–H and O–H groups in total. The number of hydrogen-bond donors (Lipinski definition) is 2. The predicted molar refractivity (Wildman–Crippen MR) is 57.0 cm³/mol. The number of anilines is 2. The van der Waals surface area contributed by atoms with Crippen LogP contribution < -0.4 is 11.5 Å². The van der Waals surface area contributed by atoms with Gasteiger partial charge in [0.1, 0.15) is 5.82 Å². The van der Waals surface area contributed by atoms with Crippen LogP contribution >= 0.6 is 15.9 Å². The third-order valence-corrected chi connectivity index (χ3v) is 2.58. The van der Waals surface area contributed by atoms with E-state index >= 15 is 0 Å². The maximum Gasteiger partial charge on any atom is 0.149 e. The molecule has 72 valence electrons. The van der Waals surface area contributed by atoms with Gasteiger partial charge in [0.2, 0.25) is 0 Å². The van der Waals surface area contributed by atoms with E-state index in [9.17, 15) is 4.39 Å². The summed E-state index contributed by atoms with van der Waals surface area (Å²) < 4.78 is 13.7. The Balaban J connectivity index is 3.44. The Morgan fingerprint density at radius 1 is 1.31 bits per heavy atom. The minimum Gasteiger partial charge on any atom is -0.397 e. The molecule has 0 amide bonds. The molecule has 1 rings (SSSR count). The first-order valence-corrected chi connectivity index (χ1v) is 4.77. The van der Waals surface area contributed by atoms with Crippen LogP contribution in [0.25, 0.3) is 0 Å². The zero-order chi connectivity index (χ0) is 10.2. The summed E-state index contributed by atoms with van der Waals surface area (Å²) in [6, 6.07) is 1.35. The molecule has 0 radical (unpaired) electrons. The molecular formula is C9H12BrFN2. The molecule has 0 aliphatic rings. The van der Waals surface area contributed by atoms with Gasteiger partial charge in [-0.25, -0.2) is 4.39 Å². The average Bonchev–Trinajstić information content (AvgIpc) is 1.99. The van der Waals surface area contributed by atoms with Crippen molar-refractivity contribution < 1.29 is 4.39 Å². The number of halogens is 2. The topological polar surface area (TPSA) is 52.0 Å². The first kappa shape index (κ1) is 10.3. The Morgan fingerprint density at radius 3 is 2.31 bits per heavy atom. The zero-order valence-corrected chi connectivity index (χ0v) is 9.15. The molecule has 4 heteroatoms. The molecule has 0 aliphatic carbocycles. The normalized spacial score (nSPS) is 10.8. The highest BCUT2D eigenvalue weighted by Gasteiger charge is 2.14. The Hall–Kier alpha value is -0.770. The fourth-order valence-corrected chi connectivity index (χ4v) is 2.13. The first-order valence-electron chi connectivity index (χ1n) is 3.98. The van der Waals surface area contributed by atoms with Crippen LogP contribution in [0.4, 0.5) is 15.8 Å². The van der Waals surface area contributed by atoms with E-state index in [1.54, 1.807) is 0 Å². The molecule has 0 unspecified atom stereocenters. The molecule has 1 aromatic rings. The molecule has 13 heavy (non-hydrogen) atoms. The third kappa shape index (κ3) is 1.77. The predicted octanol–water partition coefficient (Wildman–Crippen LogP) is 2.88. The molecule has 0 bridgehead atoms. The Labute approximate surface area is 85.2 Å². The molecule has 0 saturated heterocycles. The summed E-state index contributed by atoms with van der Waals surface area (Å²) in [7, 11) is 0. The molecule has 0 aromatic heterocycles. The number of rotatable bonds is 1. The first-order chi connectivity index (χ1) is 5.95. The van der Waals surface area contributed by atoms with Gasteiger partial charge in [0.05, 0.1) is 11.4 Å². The van der Waals surface area contributed by atoms with E-state index in [1.165, 1.54) is 6.07 Å². The van der Waals surface area contributed by atoms with Gasteiger partial charge < -0.3 is 11.5 Å². The van der Waals surface area contributed by atoms with Crippen LogP contribution in [-0.4, -0.2) is 0 Å². The maximum atomic E-state index is 13.0. The van der Waals surface area contributed by atoms with E-state index in [2.05, 4.69) is 15.9 Å². The SMILES string of the molecule is CC(C)c1c(Br)cc(F)c(N)c1N. The van der Waals surface area contributed by atoms with Gasteiger partial charge >= 0.3 is 0 Å². The van der Waals surface area contributed by atoms with E-state index in [-0.39, 0.29) is 11.6 Å². The third-order valence-electron chi connectivity index (χ3n) is 1.93. The van der Waals surface area contributed by atoms with Crippen molar-refractivity contribution in [2.45, 2.75) is 19.8 Å². The van der Waals surface area contributed by atoms with Crippen molar-refractivity contribution in [2.75, 3.05) is 11.5 Å². The van der Waals surface area contributed by atoms with Gasteiger partial charge in [-0.15, -0.1) is 0 Å². The van der Waals surface area contributed by atoms with Crippen LogP contribution in [0.5, 0.6) is 0 Å².